The van der Waals surface area contributed by atoms with Gasteiger partial charge in [-0.2, -0.15) is 0 Å². The second-order valence-corrected chi connectivity index (χ2v) is 7.76. The first kappa shape index (κ1) is 18.0. The van der Waals surface area contributed by atoms with Gasteiger partial charge in [-0.15, -0.1) is 11.3 Å². The van der Waals surface area contributed by atoms with Gasteiger partial charge in [0.15, 0.2) is 5.82 Å². The molecule has 1 aliphatic heterocycles. The lowest BCUT2D eigenvalue weighted by Crippen LogP contribution is -2.45. The quantitative estimate of drug-likeness (QED) is 0.842. The third-order valence-corrected chi connectivity index (χ3v) is 5.52. The number of hydrogen-bond donors (Lipinski definition) is 1. The maximum absolute atomic E-state index is 12.0. The van der Waals surface area contributed by atoms with E-state index in [1.807, 2.05) is 6.20 Å². The van der Waals surface area contributed by atoms with Crippen LogP contribution in [0.5, 0.6) is 0 Å². The number of morpholine rings is 1. The molecule has 8 heteroatoms. The molecule has 25 heavy (non-hydrogen) atoms. The van der Waals surface area contributed by atoms with E-state index < -0.39 is 0 Å². The van der Waals surface area contributed by atoms with Crippen LogP contribution in [-0.4, -0.2) is 51.8 Å². The van der Waals surface area contributed by atoms with Gasteiger partial charge in [0.05, 0.1) is 19.3 Å². The summed E-state index contributed by atoms with van der Waals surface area (Å²) in [4.78, 5) is 24.3. The molecule has 1 saturated heterocycles. The van der Waals surface area contributed by atoms with Gasteiger partial charge in [-0.05, 0) is 5.92 Å². The molecule has 0 aromatic carbocycles. The highest BCUT2D eigenvalue weighted by atomic mass is 32.1. The average Bonchev–Trinajstić information content (AvgIpc) is 3.05. The number of aryl methyl sites for hydroxylation is 1. The molecule has 1 aliphatic rings. The largest absolute Gasteiger partial charge is 0.374 e. The van der Waals surface area contributed by atoms with Gasteiger partial charge >= 0.3 is 0 Å². The second-order valence-electron chi connectivity index (χ2n) is 6.61. The molecule has 7 nitrogen and oxygen atoms in total. The van der Waals surface area contributed by atoms with E-state index in [4.69, 9.17) is 4.74 Å². The molecule has 2 aromatic rings. The summed E-state index contributed by atoms with van der Waals surface area (Å²) in [6.45, 7) is 8.20. The molecule has 136 valence electrons. The fourth-order valence-corrected chi connectivity index (χ4v) is 3.70. The maximum atomic E-state index is 12.0. The van der Waals surface area contributed by atoms with Crippen LogP contribution in [0.2, 0.25) is 0 Å². The molecule has 0 spiro atoms. The molecule has 1 atom stereocenters. The molecule has 3 rings (SSSR count). The van der Waals surface area contributed by atoms with Crippen LogP contribution < -0.4 is 10.9 Å². The van der Waals surface area contributed by atoms with E-state index in [1.165, 1.54) is 9.44 Å². The Bertz CT molecular complexity index is 757. The van der Waals surface area contributed by atoms with Crippen LogP contribution in [0.4, 0.5) is 5.82 Å². The zero-order valence-corrected chi connectivity index (χ0v) is 15.8. The van der Waals surface area contributed by atoms with E-state index in [-0.39, 0.29) is 11.7 Å². The molecule has 0 bridgehead atoms. The summed E-state index contributed by atoms with van der Waals surface area (Å²) >= 11 is 1.79. The van der Waals surface area contributed by atoms with Crippen molar-refractivity contribution in [3.63, 3.8) is 0 Å². The van der Waals surface area contributed by atoms with Gasteiger partial charge in [-0.1, -0.05) is 13.8 Å². The van der Waals surface area contributed by atoms with Crippen molar-refractivity contribution in [3.05, 3.63) is 38.8 Å². The third-order valence-electron chi connectivity index (χ3n) is 4.24. The maximum Gasteiger partial charge on any atom is 0.293 e. The first-order valence-corrected chi connectivity index (χ1v) is 9.38. The Morgan fingerprint density at radius 3 is 3.04 bits per heavy atom. The lowest BCUT2D eigenvalue weighted by atomic mass is 10.2. The molecule has 0 amide bonds. The number of nitrogens with zero attached hydrogens (tertiary/aromatic N) is 4. The summed E-state index contributed by atoms with van der Waals surface area (Å²) in [5, 5.41) is 4.27. The molecular formula is C17H25N5O2S. The highest BCUT2D eigenvalue weighted by Gasteiger charge is 2.22. The first-order valence-electron chi connectivity index (χ1n) is 8.57. The molecule has 3 heterocycles. The standard InChI is InChI=1S/C17H25N5O2S/c1-12(2)14-9-19-15(25-14)11-22-6-7-24-13(10-22)8-20-16-17(23)21(3)5-4-18-16/h4-5,9,12-13H,6-8,10-11H2,1-3H3,(H,18,20)/t13-/m1/s1. The van der Waals surface area contributed by atoms with E-state index in [0.717, 1.165) is 24.6 Å². The Morgan fingerprint density at radius 2 is 2.28 bits per heavy atom. The van der Waals surface area contributed by atoms with Crippen LogP contribution in [0.25, 0.3) is 0 Å². The molecular weight excluding hydrogens is 338 g/mol. The van der Waals surface area contributed by atoms with Gasteiger partial charge in [0, 0.05) is 50.1 Å². The normalized spacial score (nSPS) is 18.6. The van der Waals surface area contributed by atoms with Crippen molar-refractivity contribution < 1.29 is 4.74 Å². The number of rotatable bonds is 6. The van der Waals surface area contributed by atoms with E-state index in [1.54, 1.807) is 30.8 Å². The highest BCUT2D eigenvalue weighted by molar-refractivity contribution is 7.11. The molecule has 0 unspecified atom stereocenters. The number of nitrogens with one attached hydrogen (secondary N) is 1. The first-order chi connectivity index (χ1) is 12.0. The molecule has 1 N–H and O–H groups in total. The van der Waals surface area contributed by atoms with Crippen molar-refractivity contribution in [2.24, 2.45) is 7.05 Å². The number of ether oxygens (including phenoxy) is 1. The number of hydrogen-bond acceptors (Lipinski definition) is 7. The number of thiazole rings is 1. The zero-order valence-electron chi connectivity index (χ0n) is 14.9. The summed E-state index contributed by atoms with van der Waals surface area (Å²) in [6.07, 6.45) is 5.28. The van der Waals surface area contributed by atoms with Crippen molar-refractivity contribution in [2.45, 2.75) is 32.4 Å². The van der Waals surface area contributed by atoms with E-state index in [9.17, 15) is 4.79 Å². The summed E-state index contributed by atoms with van der Waals surface area (Å²) in [6, 6.07) is 0. The fourth-order valence-electron chi connectivity index (χ4n) is 2.73. The van der Waals surface area contributed by atoms with E-state index >= 15 is 0 Å². The predicted molar refractivity (Wildman–Crippen MR) is 99.2 cm³/mol. The fraction of sp³-hybridized carbons (Fsp3) is 0.588. The lowest BCUT2D eigenvalue weighted by molar-refractivity contribution is -0.0241. The lowest BCUT2D eigenvalue weighted by Gasteiger charge is -2.32. The van der Waals surface area contributed by atoms with Crippen molar-refractivity contribution in [1.82, 2.24) is 19.4 Å². The van der Waals surface area contributed by atoms with Gasteiger partial charge < -0.3 is 14.6 Å². The molecule has 0 saturated carbocycles. The monoisotopic (exact) mass is 363 g/mol. The van der Waals surface area contributed by atoms with Crippen LogP contribution in [0, 0.1) is 0 Å². The zero-order chi connectivity index (χ0) is 17.8. The van der Waals surface area contributed by atoms with E-state index in [2.05, 4.69) is 34.0 Å². The Kier molecular flexibility index (Phi) is 5.82. The van der Waals surface area contributed by atoms with Crippen molar-refractivity contribution >= 4 is 17.2 Å². The summed E-state index contributed by atoms with van der Waals surface area (Å²) < 4.78 is 7.34. The minimum absolute atomic E-state index is 0.0324. The molecule has 0 aliphatic carbocycles. The smallest absolute Gasteiger partial charge is 0.293 e. The SMILES string of the molecule is CC(C)c1cnc(CN2CCO[C@H](CNc3nccn(C)c3=O)C2)s1. The van der Waals surface area contributed by atoms with Crippen LogP contribution >= 0.6 is 11.3 Å². The summed E-state index contributed by atoms with van der Waals surface area (Å²) in [5.41, 5.74) is -0.126. The minimum Gasteiger partial charge on any atom is -0.374 e. The Morgan fingerprint density at radius 1 is 1.44 bits per heavy atom. The highest BCUT2D eigenvalue weighted by Crippen LogP contribution is 2.23. The molecule has 2 aromatic heterocycles. The van der Waals surface area contributed by atoms with Gasteiger partial charge in [-0.3, -0.25) is 9.69 Å². The molecule has 0 radical (unpaired) electrons. The van der Waals surface area contributed by atoms with Gasteiger partial charge in [0.2, 0.25) is 0 Å². The number of aromatic nitrogens is 3. The van der Waals surface area contributed by atoms with E-state index in [0.29, 0.717) is 24.9 Å². The Labute approximate surface area is 151 Å². The topological polar surface area (TPSA) is 72.3 Å². The third kappa shape index (κ3) is 4.65. The van der Waals surface area contributed by atoms with Crippen LogP contribution in [-0.2, 0) is 18.3 Å². The van der Waals surface area contributed by atoms with Gasteiger partial charge in [-0.25, -0.2) is 9.97 Å². The van der Waals surface area contributed by atoms with Gasteiger partial charge in [0.1, 0.15) is 5.01 Å². The average molecular weight is 363 g/mol. The van der Waals surface area contributed by atoms with Crippen molar-refractivity contribution in [3.8, 4) is 0 Å². The van der Waals surface area contributed by atoms with Crippen molar-refractivity contribution in [1.29, 1.82) is 0 Å². The predicted octanol–water partition coefficient (Wildman–Crippen LogP) is 1.67. The summed E-state index contributed by atoms with van der Waals surface area (Å²) in [5.74, 6) is 0.890. The van der Waals surface area contributed by atoms with Crippen LogP contribution in [0.3, 0.4) is 0 Å². The second kappa shape index (κ2) is 8.07. The van der Waals surface area contributed by atoms with Crippen LogP contribution in [0.15, 0.2) is 23.4 Å². The van der Waals surface area contributed by atoms with Crippen LogP contribution in [0.1, 0.15) is 29.7 Å². The Hall–Kier alpha value is -1.77. The van der Waals surface area contributed by atoms with Gasteiger partial charge in [0.25, 0.3) is 5.56 Å². The number of anilines is 1. The molecule has 1 fully saturated rings. The Balaban J connectivity index is 1.54. The van der Waals surface area contributed by atoms with Crippen molar-refractivity contribution in [2.75, 3.05) is 31.6 Å². The minimum atomic E-state index is -0.126. The summed E-state index contributed by atoms with van der Waals surface area (Å²) in [7, 11) is 1.72.